The Morgan fingerprint density at radius 3 is 2.79 bits per heavy atom. The minimum atomic E-state index is -0.551. The Kier molecular flexibility index (Phi) is 6.54. The smallest absolute Gasteiger partial charge is 0.160 e. The van der Waals surface area contributed by atoms with Crippen molar-refractivity contribution in [3.05, 3.63) is 53.4 Å². The number of Topliss-reactive ketones (excluding diaryl/α,β-unsaturated/α-hetero) is 2. The number of ketones is 2. The molecule has 0 fully saturated rings. The van der Waals surface area contributed by atoms with Gasteiger partial charge in [-0.2, -0.15) is 6.20 Å². The lowest BCUT2D eigenvalue weighted by molar-refractivity contribution is -0.128. The van der Waals surface area contributed by atoms with Crippen molar-refractivity contribution in [1.29, 1.82) is 0 Å². The number of ether oxygens (including phenoxy) is 1. The second-order valence-corrected chi connectivity index (χ2v) is 7.55. The zero-order valence-corrected chi connectivity index (χ0v) is 16.7. The summed E-state index contributed by atoms with van der Waals surface area (Å²) in [4.78, 5) is 29.6. The first-order chi connectivity index (χ1) is 13.9. The normalized spacial score (nSPS) is 18.9. The van der Waals surface area contributed by atoms with Gasteiger partial charge in [-0.1, -0.05) is 29.8 Å². The molecule has 0 aliphatic heterocycles. The van der Waals surface area contributed by atoms with Crippen LogP contribution in [0.1, 0.15) is 48.9 Å². The molecule has 2 aromatic rings. The molecular formula is C23H26NO5-. The number of phenols is 1. The minimum absolute atomic E-state index is 0.0485. The number of rotatable bonds is 9. The molecule has 1 heterocycles. The number of methoxy groups -OCH3 is 1. The number of aryl methyl sites for hydroxylation is 1. The maximum absolute atomic E-state index is 12.9. The summed E-state index contributed by atoms with van der Waals surface area (Å²) in [6, 6.07) is 6.84. The Balaban J connectivity index is 1.62. The number of nitrogens with zero attached hydrogens (tertiary/aromatic N) is 1. The number of aromatic nitrogens is 1. The van der Waals surface area contributed by atoms with Gasteiger partial charge in [0.2, 0.25) is 0 Å². The Morgan fingerprint density at radius 2 is 2.07 bits per heavy atom. The van der Waals surface area contributed by atoms with Crippen LogP contribution in [-0.2, 0) is 16.0 Å². The van der Waals surface area contributed by atoms with Crippen molar-refractivity contribution in [2.75, 3.05) is 7.11 Å². The van der Waals surface area contributed by atoms with E-state index in [1.165, 1.54) is 13.2 Å². The van der Waals surface area contributed by atoms with Gasteiger partial charge in [0.15, 0.2) is 11.5 Å². The first kappa shape index (κ1) is 20.9. The van der Waals surface area contributed by atoms with Gasteiger partial charge in [0.05, 0.1) is 19.6 Å². The van der Waals surface area contributed by atoms with Crippen molar-refractivity contribution in [3.63, 3.8) is 0 Å². The van der Waals surface area contributed by atoms with Gasteiger partial charge >= 0.3 is 0 Å². The summed E-state index contributed by atoms with van der Waals surface area (Å²) in [5.41, 5.74) is 2.64. The lowest BCUT2D eigenvalue weighted by atomic mass is 9.75. The standard InChI is InChI=1S/C23H26NO5/c1-14(25)11-19-17-9-10-24-20(17)7-6-18(19)22(28)13-16(26)5-3-15-4-8-21(27)23(12-15)29-2/h4,6-10,12,14,18-19,25,27H,3,5,11,13H2,1-2H3/q-1/t14-,18+,19+/m0/s1. The molecule has 29 heavy (non-hydrogen) atoms. The second kappa shape index (κ2) is 9.09. The topological polar surface area (TPSA) is 97.9 Å². The van der Waals surface area contributed by atoms with Crippen LogP contribution in [0.2, 0.25) is 0 Å². The molecule has 1 aliphatic rings. The fourth-order valence-electron chi connectivity index (χ4n) is 3.87. The molecular weight excluding hydrogens is 370 g/mol. The molecule has 0 spiro atoms. The fraction of sp³-hybridized carbons (Fsp3) is 0.391. The number of phenolic OH excluding ortho intramolecular Hbond substituents is 1. The molecule has 1 aliphatic carbocycles. The Bertz CT molecular complexity index is 912. The number of aliphatic hydroxyl groups is 1. The van der Waals surface area contributed by atoms with E-state index in [0.717, 1.165) is 16.8 Å². The summed E-state index contributed by atoms with van der Waals surface area (Å²) in [5, 5.41) is 19.5. The molecule has 0 unspecified atom stereocenters. The van der Waals surface area contributed by atoms with E-state index in [-0.39, 0.29) is 36.1 Å². The largest absolute Gasteiger partial charge is 0.664 e. The first-order valence-corrected chi connectivity index (χ1v) is 9.77. The Morgan fingerprint density at radius 1 is 1.28 bits per heavy atom. The van der Waals surface area contributed by atoms with Gasteiger partial charge in [0, 0.05) is 12.3 Å². The fourth-order valence-corrected chi connectivity index (χ4v) is 3.87. The van der Waals surface area contributed by atoms with Crippen LogP contribution >= 0.6 is 0 Å². The molecule has 0 amide bonds. The molecule has 6 nitrogen and oxygen atoms in total. The van der Waals surface area contributed by atoms with Gasteiger partial charge in [0.1, 0.15) is 11.6 Å². The summed E-state index contributed by atoms with van der Waals surface area (Å²) < 4.78 is 5.08. The maximum Gasteiger partial charge on any atom is 0.160 e. The highest BCUT2D eigenvalue weighted by molar-refractivity contribution is 6.01. The van der Waals surface area contributed by atoms with Gasteiger partial charge in [-0.05, 0) is 43.4 Å². The number of benzene rings is 1. The van der Waals surface area contributed by atoms with Gasteiger partial charge in [-0.25, -0.2) is 0 Å². The van der Waals surface area contributed by atoms with E-state index in [1.807, 2.05) is 18.2 Å². The highest BCUT2D eigenvalue weighted by atomic mass is 16.5. The van der Waals surface area contributed by atoms with Gasteiger partial charge in [0.25, 0.3) is 0 Å². The molecule has 0 bridgehead atoms. The van der Waals surface area contributed by atoms with Crippen LogP contribution < -0.4 is 9.72 Å². The van der Waals surface area contributed by atoms with Crippen LogP contribution in [0.3, 0.4) is 0 Å². The quantitative estimate of drug-likeness (QED) is 0.633. The number of allylic oxidation sites excluding steroid dienone is 1. The lowest BCUT2D eigenvalue weighted by Gasteiger charge is -2.30. The number of carbonyl (C=O) groups excluding carboxylic acids is 2. The molecule has 3 rings (SSSR count). The van der Waals surface area contributed by atoms with Crippen LogP contribution in [0.15, 0.2) is 36.5 Å². The monoisotopic (exact) mass is 396 g/mol. The van der Waals surface area contributed by atoms with Crippen LogP contribution in [0.4, 0.5) is 0 Å². The summed E-state index contributed by atoms with van der Waals surface area (Å²) in [7, 11) is 1.47. The predicted octanol–water partition coefficient (Wildman–Crippen LogP) is 3.02. The molecule has 1 aromatic carbocycles. The number of aliphatic hydroxyl groups excluding tert-OH is 1. The van der Waals surface area contributed by atoms with Gasteiger partial charge in [-0.3, -0.25) is 9.59 Å². The van der Waals surface area contributed by atoms with Crippen LogP contribution in [0.5, 0.6) is 11.5 Å². The molecule has 0 saturated heterocycles. The molecule has 3 atom stereocenters. The molecule has 154 valence electrons. The van der Waals surface area contributed by atoms with Crippen molar-refractivity contribution < 1.29 is 24.5 Å². The van der Waals surface area contributed by atoms with Crippen molar-refractivity contribution in [1.82, 2.24) is 4.98 Å². The summed E-state index contributed by atoms with van der Waals surface area (Å²) in [5.74, 6) is -0.450. The van der Waals surface area contributed by atoms with E-state index in [2.05, 4.69) is 4.98 Å². The summed E-state index contributed by atoms with van der Waals surface area (Å²) >= 11 is 0. The average molecular weight is 396 g/mol. The highest BCUT2D eigenvalue weighted by Crippen LogP contribution is 2.38. The highest BCUT2D eigenvalue weighted by Gasteiger charge is 2.31. The third-order valence-corrected chi connectivity index (χ3v) is 5.33. The second-order valence-electron chi connectivity index (χ2n) is 7.55. The summed E-state index contributed by atoms with van der Waals surface area (Å²) in [6.45, 7) is 1.70. The number of hydrogen-bond acceptors (Lipinski definition) is 5. The lowest BCUT2D eigenvalue weighted by Crippen LogP contribution is -2.27. The minimum Gasteiger partial charge on any atom is -0.664 e. The van der Waals surface area contributed by atoms with Crippen LogP contribution in [-0.4, -0.2) is 35.0 Å². The molecule has 0 radical (unpaired) electrons. The van der Waals surface area contributed by atoms with E-state index < -0.39 is 12.0 Å². The van der Waals surface area contributed by atoms with E-state index in [0.29, 0.717) is 18.6 Å². The van der Waals surface area contributed by atoms with Gasteiger partial charge in [-0.15, -0.1) is 5.69 Å². The van der Waals surface area contributed by atoms with Crippen molar-refractivity contribution >= 4 is 17.6 Å². The van der Waals surface area contributed by atoms with Crippen molar-refractivity contribution in [2.24, 2.45) is 5.92 Å². The Labute approximate surface area is 170 Å². The van der Waals surface area contributed by atoms with E-state index in [1.54, 1.807) is 25.3 Å². The number of hydrogen-bond donors (Lipinski definition) is 2. The van der Waals surface area contributed by atoms with Crippen LogP contribution in [0, 0.1) is 5.92 Å². The summed E-state index contributed by atoms with van der Waals surface area (Å²) in [6.07, 6.45) is 5.80. The SMILES string of the molecule is COc1cc(CCC(=O)CC(=O)[C@@H]2C=Cc3[n-]ccc3[C@H]2C[C@H](C)O)ccc1O. The zero-order valence-electron chi connectivity index (χ0n) is 16.7. The van der Waals surface area contributed by atoms with E-state index in [4.69, 9.17) is 4.74 Å². The number of carbonyl (C=O) groups is 2. The molecule has 2 N–H and O–H groups in total. The maximum atomic E-state index is 12.9. The molecule has 1 aromatic heterocycles. The Hall–Kier alpha value is -2.86. The number of fused-ring (bicyclic) bond motifs is 1. The molecule has 6 heteroatoms. The third kappa shape index (κ3) is 4.95. The predicted molar refractivity (Wildman–Crippen MR) is 109 cm³/mol. The zero-order chi connectivity index (χ0) is 21.0. The molecule has 0 saturated carbocycles. The van der Waals surface area contributed by atoms with E-state index in [9.17, 15) is 19.8 Å². The number of aromatic hydroxyl groups is 1. The third-order valence-electron chi connectivity index (χ3n) is 5.33. The van der Waals surface area contributed by atoms with Crippen molar-refractivity contribution in [2.45, 2.75) is 44.6 Å². The van der Waals surface area contributed by atoms with Crippen LogP contribution in [0.25, 0.3) is 6.08 Å². The van der Waals surface area contributed by atoms with E-state index >= 15 is 0 Å². The van der Waals surface area contributed by atoms with Gasteiger partial charge < -0.3 is 19.9 Å². The average Bonchev–Trinajstić information content (AvgIpc) is 3.16. The van der Waals surface area contributed by atoms with Crippen molar-refractivity contribution in [3.8, 4) is 11.5 Å². The first-order valence-electron chi connectivity index (χ1n) is 9.77.